The van der Waals surface area contributed by atoms with Crippen LogP contribution in [0.15, 0.2) is 23.6 Å². The second kappa shape index (κ2) is 6.77. The van der Waals surface area contributed by atoms with Crippen molar-refractivity contribution in [2.45, 2.75) is 39.0 Å². The van der Waals surface area contributed by atoms with E-state index in [4.69, 9.17) is 4.74 Å². The lowest BCUT2D eigenvalue weighted by Crippen LogP contribution is -2.36. The van der Waals surface area contributed by atoms with Gasteiger partial charge in [0.15, 0.2) is 12.0 Å². The fourth-order valence-corrected chi connectivity index (χ4v) is 2.87. The van der Waals surface area contributed by atoms with Crippen molar-refractivity contribution >= 4 is 19.8 Å². The van der Waals surface area contributed by atoms with Crippen LogP contribution in [0.25, 0.3) is 0 Å². The third-order valence-electron chi connectivity index (χ3n) is 3.62. The van der Waals surface area contributed by atoms with Crippen LogP contribution in [0, 0.1) is 11.5 Å². The van der Waals surface area contributed by atoms with Crippen LogP contribution in [0.4, 0.5) is 19.0 Å². The van der Waals surface area contributed by atoms with Gasteiger partial charge in [0.25, 0.3) is 5.91 Å². The van der Waals surface area contributed by atoms with Gasteiger partial charge in [-0.05, 0) is 13.0 Å². The topological polar surface area (TPSA) is 62.7 Å². The van der Waals surface area contributed by atoms with E-state index in [2.05, 4.69) is 16.4 Å². The molecule has 0 saturated carbocycles. The van der Waals surface area contributed by atoms with Gasteiger partial charge in [0.05, 0.1) is 23.8 Å². The van der Waals surface area contributed by atoms with Crippen molar-refractivity contribution < 1.29 is 27.8 Å². The van der Waals surface area contributed by atoms with Crippen LogP contribution in [0.3, 0.4) is 0 Å². The van der Waals surface area contributed by atoms with E-state index >= 15 is 0 Å². The normalized spacial score (nSPS) is 18.1. The zero-order valence-electron chi connectivity index (χ0n) is 15.0. The number of aliphatic hydroxyl groups is 1. The average Bonchev–Trinajstić information content (AvgIpc) is 2.73. The first-order valence-electron chi connectivity index (χ1n) is 7.73. The molecule has 0 aromatic carbocycles. The summed E-state index contributed by atoms with van der Waals surface area (Å²) >= 11 is 0. The Morgan fingerprint density at radius 3 is 2.42 bits per heavy atom. The lowest BCUT2D eigenvalue weighted by molar-refractivity contribution is -0.137. The third kappa shape index (κ3) is 3.92. The number of hydrogen-bond donors (Lipinski definition) is 1. The molecule has 0 saturated heterocycles. The molecule has 5 nitrogen and oxygen atoms in total. The van der Waals surface area contributed by atoms with Crippen LogP contribution >= 0.6 is 0 Å². The lowest BCUT2D eigenvalue weighted by atomic mass is 10.1. The first-order valence-corrected chi connectivity index (χ1v) is 11.2. The molecule has 1 N–H and O–H groups in total. The maximum atomic E-state index is 13.5. The summed E-state index contributed by atoms with van der Waals surface area (Å²) in [4.78, 5) is 17.0. The zero-order valence-corrected chi connectivity index (χ0v) is 16.0. The van der Waals surface area contributed by atoms with Crippen molar-refractivity contribution in [3.63, 3.8) is 0 Å². The van der Waals surface area contributed by atoms with Crippen molar-refractivity contribution in [2.75, 3.05) is 12.0 Å². The Bertz CT molecular complexity index is 832. The highest BCUT2D eigenvalue weighted by Crippen LogP contribution is 2.36. The average molecular weight is 384 g/mol. The minimum absolute atomic E-state index is 0.0204. The molecular weight excluding hydrogens is 365 g/mol. The summed E-state index contributed by atoms with van der Waals surface area (Å²) in [5, 5.41) is 10.2. The minimum atomic E-state index is -4.68. The number of aromatic nitrogens is 1. The molecule has 1 aromatic rings. The van der Waals surface area contributed by atoms with E-state index in [0.29, 0.717) is 0 Å². The standard InChI is InChI=1S/C17H19F3N2O3Si/c1-10-14(25-2)16(24)22(15(10)23)13-8-12(17(18,19)20)11(9-21-13)6-7-26(3,4)5/h8-9,16,24H,1-5H3. The molecule has 1 aromatic heterocycles. The molecule has 1 atom stereocenters. The SMILES string of the molecule is COC1=C(C)C(=O)N(c2cc(C(F)(F)F)c(C#C[Si](C)(C)C)cn2)C1O. The molecule has 0 bridgehead atoms. The number of hydrogen-bond acceptors (Lipinski definition) is 4. The Hall–Kier alpha value is -2.31. The van der Waals surface area contributed by atoms with Gasteiger partial charge in [-0.2, -0.15) is 13.2 Å². The Labute approximate surface area is 150 Å². The van der Waals surface area contributed by atoms with Crippen molar-refractivity contribution in [3.05, 3.63) is 34.7 Å². The molecule has 0 radical (unpaired) electrons. The van der Waals surface area contributed by atoms with Crippen LogP contribution in [0.1, 0.15) is 18.1 Å². The number of aliphatic hydroxyl groups excluding tert-OH is 1. The molecule has 2 heterocycles. The summed E-state index contributed by atoms with van der Waals surface area (Å²) in [6.07, 6.45) is -5.23. The quantitative estimate of drug-likeness (QED) is 0.629. The molecule has 9 heteroatoms. The number of amides is 1. The van der Waals surface area contributed by atoms with Crippen LogP contribution < -0.4 is 4.90 Å². The maximum Gasteiger partial charge on any atom is 0.417 e. The van der Waals surface area contributed by atoms with Gasteiger partial charge in [-0.1, -0.05) is 25.6 Å². The zero-order chi connectivity index (χ0) is 19.9. The van der Waals surface area contributed by atoms with Crippen LogP contribution in [-0.4, -0.2) is 37.4 Å². The monoisotopic (exact) mass is 384 g/mol. The van der Waals surface area contributed by atoms with Gasteiger partial charge < -0.3 is 9.84 Å². The van der Waals surface area contributed by atoms with Gasteiger partial charge in [0.2, 0.25) is 0 Å². The van der Waals surface area contributed by atoms with Crippen LogP contribution in [0.5, 0.6) is 0 Å². The molecule has 26 heavy (non-hydrogen) atoms. The van der Waals surface area contributed by atoms with Crippen molar-refractivity contribution in [2.24, 2.45) is 0 Å². The molecule has 1 unspecified atom stereocenters. The Morgan fingerprint density at radius 1 is 1.35 bits per heavy atom. The predicted molar refractivity (Wildman–Crippen MR) is 92.7 cm³/mol. The smallest absolute Gasteiger partial charge is 0.417 e. The van der Waals surface area contributed by atoms with Gasteiger partial charge in [0, 0.05) is 6.20 Å². The van der Waals surface area contributed by atoms with Crippen LogP contribution in [0.2, 0.25) is 19.6 Å². The number of nitrogens with zero attached hydrogens (tertiary/aromatic N) is 2. The molecule has 0 fully saturated rings. The molecule has 0 aliphatic carbocycles. The van der Waals surface area contributed by atoms with E-state index in [9.17, 15) is 23.1 Å². The minimum Gasteiger partial charge on any atom is -0.496 e. The lowest BCUT2D eigenvalue weighted by Gasteiger charge is -2.22. The maximum absolute atomic E-state index is 13.5. The van der Waals surface area contributed by atoms with Crippen molar-refractivity contribution in [3.8, 4) is 11.5 Å². The summed E-state index contributed by atoms with van der Waals surface area (Å²) in [5.74, 6) is 1.55. The molecule has 1 aliphatic rings. The summed E-state index contributed by atoms with van der Waals surface area (Å²) < 4.78 is 45.3. The second-order valence-corrected chi connectivity index (χ2v) is 11.6. The highest BCUT2D eigenvalue weighted by atomic mass is 28.3. The number of methoxy groups -OCH3 is 1. The van der Waals surface area contributed by atoms with E-state index in [0.717, 1.165) is 17.2 Å². The highest BCUT2D eigenvalue weighted by molar-refractivity contribution is 6.83. The second-order valence-electron chi connectivity index (χ2n) is 6.83. The van der Waals surface area contributed by atoms with E-state index < -0.39 is 31.9 Å². The first kappa shape index (κ1) is 20.0. The number of anilines is 1. The van der Waals surface area contributed by atoms with Gasteiger partial charge in [-0.15, -0.1) is 5.54 Å². The van der Waals surface area contributed by atoms with Gasteiger partial charge in [-0.25, -0.2) is 4.98 Å². The number of carbonyl (C=O) groups excluding carboxylic acids is 1. The van der Waals surface area contributed by atoms with Gasteiger partial charge in [-0.3, -0.25) is 9.69 Å². The number of carbonyl (C=O) groups is 1. The summed E-state index contributed by atoms with van der Waals surface area (Å²) in [6, 6.07) is 0.723. The predicted octanol–water partition coefficient (Wildman–Crippen LogP) is 2.91. The molecule has 1 aliphatic heterocycles. The fourth-order valence-electron chi connectivity index (χ4n) is 2.36. The summed E-state index contributed by atoms with van der Waals surface area (Å²) in [6.45, 7) is 7.15. The summed E-state index contributed by atoms with van der Waals surface area (Å²) in [7, 11) is -0.624. The van der Waals surface area contributed by atoms with Gasteiger partial charge >= 0.3 is 6.18 Å². The van der Waals surface area contributed by atoms with Gasteiger partial charge in [0.1, 0.15) is 13.9 Å². The van der Waals surface area contributed by atoms with Crippen molar-refractivity contribution in [1.82, 2.24) is 4.98 Å². The van der Waals surface area contributed by atoms with E-state index in [1.54, 1.807) is 0 Å². The largest absolute Gasteiger partial charge is 0.496 e. The molecule has 140 valence electrons. The number of ether oxygens (including phenoxy) is 1. The van der Waals surface area contributed by atoms with Crippen molar-refractivity contribution in [1.29, 1.82) is 0 Å². The fraction of sp³-hybridized carbons (Fsp3) is 0.412. The van der Waals surface area contributed by atoms with Crippen LogP contribution in [-0.2, 0) is 15.7 Å². The number of pyridine rings is 1. The molecule has 0 spiro atoms. The molecule has 2 rings (SSSR count). The van der Waals surface area contributed by atoms with E-state index in [1.807, 2.05) is 19.6 Å². The molecule has 1 amide bonds. The molecular formula is C17H19F3N2O3Si. The number of halogens is 3. The van der Waals surface area contributed by atoms with E-state index in [1.165, 1.54) is 14.0 Å². The Kier molecular flexibility index (Phi) is 5.21. The number of rotatable bonds is 2. The van der Waals surface area contributed by atoms with E-state index in [-0.39, 0.29) is 22.7 Å². The summed E-state index contributed by atoms with van der Waals surface area (Å²) in [5.41, 5.74) is 1.71. The Morgan fingerprint density at radius 2 is 1.96 bits per heavy atom. The third-order valence-corrected chi connectivity index (χ3v) is 4.50. The highest BCUT2D eigenvalue weighted by Gasteiger charge is 2.41. The number of alkyl halides is 3. The first-order chi connectivity index (χ1) is 11.9. The Balaban J connectivity index is 2.54.